The second kappa shape index (κ2) is 35.6. The molecule has 646 valence electrons. The highest BCUT2D eigenvalue weighted by molar-refractivity contribution is 8.45. The van der Waals surface area contributed by atoms with Crippen LogP contribution in [-0.2, 0) is 111 Å². The van der Waals surface area contributed by atoms with E-state index in [1.807, 2.05) is 0 Å². The first-order valence-electron chi connectivity index (χ1n) is 36.0. The van der Waals surface area contributed by atoms with Gasteiger partial charge >= 0.3 is 39.6 Å². The van der Waals surface area contributed by atoms with Crippen molar-refractivity contribution < 1.29 is 121 Å². The van der Waals surface area contributed by atoms with E-state index >= 15 is 9.13 Å². The predicted octanol–water partition coefficient (Wildman–Crippen LogP) is 1.17. The summed E-state index contributed by atoms with van der Waals surface area (Å²) >= 11 is 13.2. The van der Waals surface area contributed by atoms with Crippen molar-refractivity contribution in [2.75, 3.05) is 116 Å². The second-order valence-corrected chi connectivity index (χ2v) is 37.7. The predicted molar refractivity (Wildman–Crippen MR) is 414 cm³/mol. The van der Waals surface area contributed by atoms with E-state index in [2.05, 4.69) is 91.6 Å². The second-order valence-electron chi connectivity index (χ2n) is 27.7. The normalized spacial score (nSPS) is 31.1. The quantitative estimate of drug-likeness (QED) is 0.0148. The first-order valence-corrected chi connectivity index (χ1v) is 45.6. The Kier molecular flexibility index (Phi) is 26.5. The summed E-state index contributed by atoms with van der Waals surface area (Å²) < 4.78 is 188. The third-order valence-electron chi connectivity index (χ3n) is 20.1. The van der Waals surface area contributed by atoms with Crippen molar-refractivity contribution in [1.82, 2.24) is 77.7 Å². The fraction of sp³-hybridized carbons (Fsp3) is 0.623. The number of imidazole rings is 3. The molecule has 24 atom stereocenters. The zero-order valence-electron chi connectivity index (χ0n) is 63.4. The van der Waals surface area contributed by atoms with Crippen molar-refractivity contribution in [2.24, 2.45) is 0 Å². The number of aryl methyl sites for hydroxylation is 2. The molecule has 0 spiro atoms. The number of nitrogens with one attached hydrogen (secondary N) is 1. The van der Waals surface area contributed by atoms with E-state index in [-0.39, 0.29) is 97.6 Å². The number of thiol groups is 3. The monoisotopic (exact) mass is 1800 g/mol. The lowest BCUT2D eigenvalue weighted by molar-refractivity contribution is -0.216. The van der Waals surface area contributed by atoms with Crippen LogP contribution in [0.25, 0.3) is 33.5 Å². The molecular weight excluding hydrogens is 1710 g/mol. The molecule has 8 aromatic heterocycles. The lowest BCUT2D eigenvalue weighted by Gasteiger charge is -2.36. The molecule has 13 N–H and O–H groups in total. The number of aromatic nitrogens is 16. The van der Waals surface area contributed by atoms with Crippen molar-refractivity contribution in [1.29, 1.82) is 0 Å². The summed E-state index contributed by atoms with van der Waals surface area (Å²) in [5.41, 5.74) is 26.8. The average Bonchev–Trinajstić information content (AvgIpc) is 1.61. The van der Waals surface area contributed by atoms with Gasteiger partial charge in [-0.25, -0.2) is 62.7 Å². The Morgan fingerprint density at radius 2 is 1.01 bits per heavy atom. The number of nitrogen functional groups attached to an aromatic ring is 5. The molecule has 2 bridgehead atoms. The summed E-state index contributed by atoms with van der Waals surface area (Å²) in [7, 11) is -1.47. The standard InChI is InChI=1S/C61H85N21O29P4S3/c1-26-15-78(59(85)74-46(26)62)54-41(95-11-8-92-5)38(83)31(104-54)17-99-113(89,116)110-40-33(106-56(43(40)97-13-10-94-7)82-25-73-37-52(82)76-58(66)77-53(37)84)19-100-114(90,117)109-39-32(105-55(42(39)96-12-9-93-6)81-24-72-36-49(65)68-22-70-51(36)81)18-98-112(87,88)111-45-44-57(79-16-27(2)47(63)75-60(79)86)107-61(45,29(4)103-44)20-101-115(91,118)108-30-14-34(102-28(30)3)80-23-71-35-48(64)67-21-69-50(35)80/h15-16,21-25,28-34,38-45,54-57,83H,8-14,17-20H2,1-7H3,(H,87,88)(H,89,116)(H,90,117)(H,91,118)(H2,62,74,85)(H2,63,75,86)(H2,64,67,69)(H2,65,68,70)(H3,66,76,77,84)/t28-,29+,30-,31-,32-,33-,34?,38+,39+,40+,41?,42?,43?,44?,45-,54?,55?,56?,57?,61+,113?,114?,115?/m1/s1. The van der Waals surface area contributed by atoms with Crippen molar-refractivity contribution in [2.45, 2.75) is 156 Å². The SMILES string of the molecule is COCCOC1C(n2cc(C)c(N)nc2=O)O[C@H](COP(=O)(S)O[C@@H]2C(OCCOC)C(n3cnc4c(=O)[nH]c(N)nc43)O[C@@H]2COP(=O)(S)O[C@@H]2C(OCCOC)C(n3cnc4c(N)ncnc43)O[C@@H]2COP(=O)(O)O[C@@H]2C3O[C@@H](C)[C@]2(COP(=O)(S)O[C@@H]2CC(n4cnc5c(N)ncnc54)O[C@@H]2C)OC3n2cc(C)c(N)nc2=O)[C@@H]1O. The number of hydrogen-bond donors (Lipinski definition) is 11. The molecule has 0 aromatic carbocycles. The molecule has 0 amide bonds. The number of aromatic amines is 1. The first-order chi connectivity index (χ1) is 56.1. The number of hydrogen-bond acceptors (Lipinski definition) is 43. The fourth-order valence-electron chi connectivity index (χ4n) is 14.3. The molecule has 14 heterocycles. The Hall–Kier alpha value is -6.70. The molecule has 6 aliphatic rings. The van der Waals surface area contributed by atoms with Crippen molar-refractivity contribution in [3.8, 4) is 0 Å². The van der Waals surface area contributed by atoms with Crippen LogP contribution in [0.5, 0.6) is 0 Å². The first kappa shape index (κ1) is 87.6. The van der Waals surface area contributed by atoms with Crippen LogP contribution in [-0.4, -0.2) is 266 Å². The largest absolute Gasteiger partial charge is 0.472 e. The van der Waals surface area contributed by atoms with Gasteiger partial charge in [0.15, 0.2) is 59.0 Å². The van der Waals surface area contributed by atoms with Crippen LogP contribution < -0.4 is 45.6 Å². The van der Waals surface area contributed by atoms with Gasteiger partial charge < -0.3 is 95.5 Å². The molecule has 14 rings (SSSR count). The summed E-state index contributed by atoms with van der Waals surface area (Å²) in [6.07, 6.45) is -18.0. The molecule has 118 heavy (non-hydrogen) atoms. The number of nitrogens with two attached hydrogens (primary N) is 5. The molecule has 0 radical (unpaired) electrons. The summed E-state index contributed by atoms with van der Waals surface area (Å²) in [5.74, 6) is -0.459. The van der Waals surface area contributed by atoms with E-state index in [9.17, 15) is 33.5 Å². The van der Waals surface area contributed by atoms with E-state index in [4.69, 9.17) is 122 Å². The van der Waals surface area contributed by atoms with Crippen LogP contribution in [0.1, 0.15) is 62.5 Å². The van der Waals surface area contributed by atoms with Gasteiger partial charge in [-0.3, -0.25) is 68.8 Å². The smallest absolute Gasteiger partial charge is 0.387 e. The number of phosphoric ester groups is 1. The van der Waals surface area contributed by atoms with Gasteiger partial charge in [-0.2, -0.15) is 15.0 Å². The fourth-order valence-corrected chi connectivity index (χ4v) is 19.8. The summed E-state index contributed by atoms with van der Waals surface area (Å²) in [4.78, 5) is 96.5. The highest BCUT2D eigenvalue weighted by atomic mass is 32.7. The number of aliphatic hydroxyl groups is 1. The number of nitrogens with zero attached hydrogens (tertiary/aromatic N) is 15. The molecule has 6 aliphatic heterocycles. The van der Waals surface area contributed by atoms with Gasteiger partial charge in [-0.15, -0.1) is 0 Å². The van der Waals surface area contributed by atoms with E-state index in [0.29, 0.717) is 22.3 Å². The highest BCUT2D eigenvalue weighted by Gasteiger charge is 2.69. The molecule has 6 saturated heterocycles. The molecule has 13 unspecified atom stereocenters. The van der Waals surface area contributed by atoms with Gasteiger partial charge in [0.1, 0.15) is 114 Å². The summed E-state index contributed by atoms with van der Waals surface area (Å²) in [6, 6.07) is 0. The number of phosphoric acid groups is 1. The Bertz CT molecular complexity index is 5370. The summed E-state index contributed by atoms with van der Waals surface area (Å²) in [6.45, 7) is -12.4. The van der Waals surface area contributed by atoms with E-state index in [1.54, 1.807) is 25.3 Å². The number of aliphatic hydroxyl groups excluding tert-OH is 1. The number of methoxy groups -OCH3 is 3. The number of fused-ring (bicyclic) bond motifs is 5. The van der Waals surface area contributed by atoms with Gasteiger partial charge in [-0.1, -0.05) is 36.7 Å². The average molecular weight is 1800 g/mol. The minimum Gasteiger partial charge on any atom is -0.387 e. The van der Waals surface area contributed by atoms with Crippen LogP contribution in [0, 0.1) is 13.8 Å². The molecule has 57 heteroatoms. The molecule has 8 aromatic rings. The number of H-pyrrole nitrogens is 1. The maximum absolute atomic E-state index is 15.5. The topological polar surface area (TPSA) is 644 Å². The summed E-state index contributed by atoms with van der Waals surface area (Å²) in [5, 5.41) is 11.8. The Morgan fingerprint density at radius 3 is 1.57 bits per heavy atom. The number of rotatable bonds is 37. The molecule has 6 fully saturated rings. The zero-order valence-corrected chi connectivity index (χ0v) is 69.7. The minimum absolute atomic E-state index is 0.0593. The van der Waals surface area contributed by atoms with E-state index in [0.717, 1.165) is 21.8 Å². The van der Waals surface area contributed by atoms with Gasteiger partial charge in [0, 0.05) is 51.3 Å². The van der Waals surface area contributed by atoms with Crippen molar-refractivity contribution in [3.63, 3.8) is 0 Å². The molecule has 0 aliphatic carbocycles. The maximum atomic E-state index is 15.5. The molecule has 0 saturated carbocycles. The Morgan fingerprint density at radius 1 is 0.534 bits per heavy atom. The lowest BCUT2D eigenvalue weighted by Crippen LogP contribution is -2.50. The van der Waals surface area contributed by atoms with Crippen LogP contribution in [0.2, 0.25) is 0 Å². The van der Waals surface area contributed by atoms with E-state index in [1.165, 1.54) is 68.8 Å². The van der Waals surface area contributed by atoms with Gasteiger partial charge in [-0.05, 0) is 27.7 Å². The van der Waals surface area contributed by atoms with Gasteiger partial charge in [0.05, 0.1) is 103 Å². The Balaban J connectivity index is 0.744. The van der Waals surface area contributed by atoms with Crippen LogP contribution in [0.15, 0.2) is 58.4 Å². The van der Waals surface area contributed by atoms with Crippen LogP contribution in [0.4, 0.5) is 29.2 Å². The zero-order chi connectivity index (χ0) is 84.2. The number of ether oxygens (including phenoxy) is 12. The van der Waals surface area contributed by atoms with Crippen LogP contribution >= 0.6 is 65.0 Å². The van der Waals surface area contributed by atoms with Crippen LogP contribution in [0.3, 0.4) is 0 Å². The highest BCUT2D eigenvalue weighted by Crippen LogP contribution is 2.63. The number of anilines is 5. The lowest BCUT2D eigenvalue weighted by atomic mass is 9.94. The van der Waals surface area contributed by atoms with Crippen molar-refractivity contribution in [3.05, 3.63) is 86.5 Å². The third-order valence-corrected chi connectivity index (χ3v) is 25.9. The molecular formula is C61H85N21O29P4S3. The van der Waals surface area contributed by atoms with Crippen molar-refractivity contribution >= 4 is 128 Å². The van der Waals surface area contributed by atoms with Gasteiger partial charge in [0.2, 0.25) is 5.95 Å². The van der Waals surface area contributed by atoms with E-state index < -0.39 is 194 Å². The Labute approximate surface area is 682 Å². The third kappa shape index (κ3) is 18.2. The molecule has 50 nitrogen and oxygen atoms in total. The van der Waals surface area contributed by atoms with Gasteiger partial charge in [0.25, 0.3) is 5.56 Å². The minimum atomic E-state index is -5.65. The maximum Gasteiger partial charge on any atom is 0.472 e.